The van der Waals surface area contributed by atoms with Crippen LogP contribution >= 0.6 is 0 Å². The zero-order chi connectivity index (χ0) is 15.4. The fourth-order valence-electron chi connectivity index (χ4n) is 3.78. The van der Waals surface area contributed by atoms with Gasteiger partial charge in [0.25, 0.3) is 0 Å². The Morgan fingerprint density at radius 1 is 1.27 bits per heavy atom. The first-order valence-electron chi connectivity index (χ1n) is 8.95. The van der Waals surface area contributed by atoms with Gasteiger partial charge in [-0.3, -0.25) is 4.90 Å². The number of rotatable bonds is 8. The van der Waals surface area contributed by atoms with Crippen molar-refractivity contribution in [3.63, 3.8) is 0 Å². The minimum atomic E-state index is -0.166. The van der Waals surface area contributed by atoms with Gasteiger partial charge in [0.1, 0.15) is 0 Å². The summed E-state index contributed by atoms with van der Waals surface area (Å²) < 4.78 is 0. The number of aliphatic hydroxyl groups excluding tert-OH is 1. The Hall–Kier alpha value is -0.900. The highest BCUT2D eigenvalue weighted by Gasteiger charge is 2.34. The molecule has 122 valence electrons. The van der Waals surface area contributed by atoms with E-state index >= 15 is 0 Å². The Bertz CT molecular complexity index is 446. The van der Waals surface area contributed by atoms with Gasteiger partial charge in [0.15, 0.2) is 0 Å². The molecule has 22 heavy (non-hydrogen) atoms. The highest BCUT2D eigenvalue weighted by molar-refractivity contribution is 5.15. The summed E-state index contributed by atoms with van der Waals surface area (Å²) in [5.41, 5.74) is 1.34. The monoisotopic (exact) mass is 302 g/mol. The van der Waals surface area contributed by atoms with Crippen LogP contribution in [0, 0.1) is 5.92 Å². The number of likely N-dealkylation sites (tertiary alicyclic amines) is 1. The quantitative estimate of drug-likeness (QED) is 0.775. The van der Waals surface area contributed by atoms with Crippen molar-refractivity contribution in [1.29, 1.82) is 0 Å². The fourth-order valence-corrected chi connectivity index (χ4v) is 3.78. The van der Waals surface area contributed by atoms with Gasteiger partial charge in [0, 0.05) is 31.7 Å². The van der Waals surface area contributed by atoms with Crippen LogP contribution in [-0.4, -0.2) is 41.3 Å². The third-order valence-electron chi connectivity index (χ3n) is 5.14. The van der Waals surface area contributed by atoms with Crippen molar-refractivity contribution in [3.05, 3.63) is 35.9 Å². The lowest BCUT2D eigenvalue weighted by molar-refractivity contribution is 0.172. The third kappa shape index (κ3) is 4.31. The van der Waals surface area contributed by atoms with Gasteiger partial charge in [-0.25, -0.2) is 0 Å². The van der Waals surface area contributed by atoms with E-state index in [0.717, 1.165) is 32.0 Å². The molecule has 3 nitrogen and oxygen atoms in total. The van der Waals surface area contributed by atoms with E-state index in [1.807, 2.05) is 0 Å². The zero-order valence-electron chi connectivity index (χ0n) is 13.7. The Morgan fingerprint density at radius 3 is 2.73 bits per heavy atom. The lowest BCUT2D eigenvalue weighted by Gasteiger charge is -2.27. The molecule has 2 N–H and O–H groups in total. The number of benzene rings is 1. The van der Waals surface area contributed by atoms with Gasteiger partial charge in [-0.1, -0.05) is 43.7 Å². The lowest BCUT2D eigenvalue weighted by Crippen LogP contribution is -2.42. The van der Waals surface area contributed by atoms with E-state index in [-0.39, 0.29) is 6.10 Å². The molecule has 1 aromatic carbocycles. The first-order chi connectivity index (χ1) is 10.8. The topological polar surface area (TPSA) is 35.5 Å². The molecule has 2 fully saturated rings. The first kappa shape index (κ1) is 16.0. The summed E-state index contributed by atoms with van der Waals surface area (Å²) in [4.78, 5) is 2.45. The minimum Gasteiger partial charge on any atom is -0.392 e. The fraction of sp³-hybridized carbons (Fsp3) is 0.684. The normalized spacial score (nSPS) is 27.2. The van der Waals surface area contributed by atoms with E-state index < -0.39 is 0 Å². The number of hydrogen-bond acceptors (Lipinski definition) is 3. The van der Waals surface area contributed by atoms with Crippen LogP contribution < -0.4 is 5.32 Å². The molecule has 1 heterocycles. The second-order valence-electron chi connectivity index (χ2n) is 7.10. The van der Waals surface area contributed by atoms with Crippen molar-refractivity contribution in [2.24, 2.45) is 5.92 Å². The molecule has 0 aromatic heterocycles. The van der Waals surface area contributed by atoms with Crippen LogP contribution in [0.25, 0.3) is 0 Å². The van der Waals surface area contributed by atoms with E-state index in [2.05, 4.69) is 47.5 Å². The summed E-state index contributed by atoms with van der Waals surface area (Å²) in [5, 5.41) is 13.9. The number of hydrogen-bond donors (Lipinski definition) is 2. The highest BCUT2D eigenvalue weighted by atomic mass is 16.3. The molecule has 0 amide bonds. The summed E-state index contributed by atoms with van der Waals surface area (Å²) in [5.74, 6) is 0.911. The Balaban J connectivity index is 1.54. The Morgan fingerprint density at radius 2 is 2.05 bits per heavy atom. The van der Waals surface area contributed by atoms with E-state index in [1.54, 1.807) is 0 Å². The smallest absolute Gasteiger partial charge is 0.0682 e. The van der Waals surface area contributed by atoms with Crippen LogP contribution in [0.15, 0.2) is 30.3 Å². The Kier molecular flexibility index (Phi) is 5.51. The molecule has 3 atom stereocenters. The maximum absolute atomic E-state index is 10.1. The number of nitrogens with one attached hydrogen (secondary N) is 1. The zero-order valence-corrected chi connectivity index (χ0v) is 13.7. The predicted molar refractivity (Wildman–Crippen MR) is 90.7 cm³/mol. The molecule has 3 rings (SSSR count). The summed E-state index contributed by atoms with van der Waals surface area (Å²) in [7, 11) is 0. The molecule has 1 saturated heterocycles. The molecule has 1 aliphatic carbocycles. The van der Waals surface area contributed by atoms with Crippen molar-refractivity contribution < 1.29 is 5.11 Å². The number of aliphatic hydroxyl groups is 1. The molecule has 0 radical (unpaired) electrons. The maximum atomic E-state index is 10.1. The first-order valence-corrected chi connectivity index (χ1v) is 8.95. The van der Waals surface area contributed by atoms with Crippen LogP contribution in [0.2, 0.25) is 0 Å². The van der Waals surface area contributed by atoms with Gasteiger partial charge < -0.3 is 10.4 Å². The van der Waals surface area contributed by atoms with E-state index in [9.17, 15) is 5.11 Å². The van der Waals surface area contributed by atoms with Crippen molar-refractivity contribution in [2.75, 3.05) is 13.1 Å². The molecule has 0 bridgehead atoms. The Labute approximate surface area is 134 Å². The molecule has 1 saturated carbocycles. The molecule has 3 heteroatoms. The molecular formula is C19H30N2O. The molecule has 1 aliphatic heterocycles. The summed E-state index contributed by atoms with van der Waals surface area (Å²) in [6, 6.07) is 11.8. The largest absolute Gasteiger partial charge is 0.392 e. The molecule has 2 aliphatic rings. The van der Waals surface area contributed by atoms with Crippen molar-refractivity contribution in [2.45, 2.75) is 63.8 Å². The van der Waals surface area contributed by atoms with Crippen LogP contribution in [0.4, 0.5) is 0 Å². The predicted octanol–water partition coefficient (Wildman–Crippen LogP) is 2.79. The van der Waals surface area contributed by atoms with Crippen molar-refractivity contribution in [1.82, 2.24) is 10.2 Å². The van der Waals surface area contributed by atoms with Gasteiger partial charge in [0.2, 0.25) is 0 Å². The van der Waals surface area contributed by atoms with Gasteiger partial charge in [-0.05, 0) is 37.2 Å². The van der Waals surface area contributed by atoms with Crippen molar-refractivity contribution >= 4 is 0 Å². The van der Waals surface area contributed by atoms with Gasteiger partial charge in [-0.2, -0.15) is 0 Å². The number of β-amino-alcohol motifs (C(OH)–C–C–N with tert-alkyl or cyclic N) is 1. The lowest BCUT2D eigenvalue weighted by atomic mass is 10.1. The average Bonchev–Trinajstić information content (AvgIpc) is 3.30. The second-order valence-corrected chi connectivity index (χ2v) is 7.10. The SMILES string of the molecule is CCCC(NCC1CC(O)CN1Cc1ccccc1)C1CC1. The summed E-state index contributed by atoms with van der Waals surface area (Å²) >= 11 is 0. The van der Waals surface area contributed by atoms with Crippen LogP contribution in [0.3, 0.4) is 0 Å². The molecule has 1 aromatic rings. The number of nitrogens with zero attached hydrogens (tertiary/aromatic N) is 1. The highest BCUT2D eigenvalue weighted by Crippen LogP contribution is 2.34. The van der Waals surface area contributed by atoms with E-state index in [1.165, 1.54) is 31.2 Å². The van der Waals surface area contributed by atoms with Crippen LogP contribution in [-0.2, 0) is 6.54 Å². The van der Waals surface area contributed by atoms with E-state index in [0.29, 0.717) is 12.1 Å². The molecular weight excluding hydrogens is 272 g/mol. The summed E-state index contributed by atoms with van der Waals surface area (Å²) in [6.45, 7) is 5.05. The second kappa shape index (κ2) is 7.58. The summed E-state index contributed by atoms with van der Waals surface area (Å²) in [6.07, 6.45) is 6.09. The molecule has 3 unspecified atom stereocenters. The third-order valence-corrected chi connectivity index (χ3v) is 5.14. The molecule has 0 spiro atoms. The average molecular weight is 302 g/mol. The van der Waals surface area contributed by atoms with Gasteiger partial charge in [-0.15, -0.1) is 0 Å². The van der Waals surface area contributed by atoms with Crippen molar-refractivity contribution in [3.8, 4) is 0 Å². The van der Waals surface area contributed by atoms with E-state index in [4.69, 9.17) is 0 Å². The standard InChI is InChI=1S/C19H30N2O/c1-2-6-19(16-9-10-16)20-12-17-11-18(22)14-21(17)13-15-7-4-3-5-8-15/h3-5,7-8,16-20,22H,2,6,9-14H2,1H3. The minimum absolute atomic E-state index is 0.166. The maximum Gasteiger partial charge on any atom is 0.0682 e. The van der Waals surface area contributed by atoms with Crippen LogP contribution in [0.1, 0.15) is 44.6 Å². The van der Waals surface area contributed by atoms with Gasteiger partial charge in [0.05, 0.1) is 6.10 Å². The van der Waals surface area contributed by atoms with Gasteiger partial charge >= 0.3 is 0 Å². The van der Waals surface area contributed by atoms with Crippen LogP contribution in [0.5, 0.6) is 0 Å².